The number of hydrogen-bond acceptors (Lipinski definition) is 5. The number of anilines is 1. The smallest absolute Gasteiger partial charge is 0.323 e. The monoisotopic (exact) mass is 243 g/mol. The molecule has 0 unspecified atom stereocenters. The maximum Gasteiger partial charge on any atom is 0.323 e. The van der Waals surface area contributed by atoms with E-state index in [0.29, 0.717) is 18.1 Å². The molecule has 1 amide bonds. The minimum Gasteiger partial charge on any atom is -0.480 e. The Morgan fingerprint density at radius 1 is 1.62 bits per heavy atom. The molecule has 6 nitrogen and oxygen atoms in total. The molecule has 0 aliphatic heterocycles. The summed E-state index contributed by atoms with van der Waals surface area (Å²) in [5, 5.41) is 10.5. The van der Waals surface area contributed by atoms with Gasteiger partial charge in [-0.15, -0.1) is 11.3 Å². The quantitative estimate of drug-likeness (QED) is 0.792. The van der Waals surface area contributed by atoms with Crippen LogP contribution in [-0.4, -0.2) is 40.0 Å². The highest BCUT2D eigenvalue weighted by Gasteiger charge is 2.19. The van der Waals surface area contributed by atoms with E-state index in [0.717, 1.165) is 11.3 Å². The third-order valence-electron chi connectivity index (χ3n) is 1.85. The molecule has 16 heavy (non-hydrogen) atoms. The molecule has 0 atom stereocenters. The van der Waals surface area contributed by atoms with Crippen molar-refractivity contribution < 1.29 is 14.7 Å². The van der Waals surface area contributed by atoms with E-state index >= 15 is 0 Å². The fourth-order valence-electron chi connectivity index (χ4n) is 1.23. The lowest BCUT2D eigenvalue weighted by Crippen LogP contribution is -2.36. The van der Waals surface area contributed by atoms with Crippen LogP contribution in [0.1, 0.15) is 23.8 Å². The Labute approximate surface area is 96.7 Å². The van der Waals surface area contributed by atoms with Crippen LogP contribution in [0.2, 0.25) is 0 Å². The number of carboxylic acids is 1. The van der Waals surface area contributed by atoms with Crippen LogP contribution >= 0.6 is 11.3 Å². The summed E-state index contributed by atoms with van der Waals surface area (Å²) in [5.41, 5.74) is 5.62. The summed E-state index contributed by atoms with van der Waals surface area (Å²) in [7, 11) is 0. The Balaban J connectivity index is 2.78. The van der Waals surface area contributed by atoms with Crippen molar-refractivity contribution in [2.75, 3.05) is 18.8 Å². The highest BCUT2D eigenvalue weighted by molar-refractivity contribution is 7.13. The highest BCUT2D eigenvalue weighted by atomic mass is 32.1. The molecule has 0 saturated carbocycles. The normalized spacial score (nSPS) is 10.1. The molecule has 0 spiro atoms. The maximum absolute atomic E-state index is 11.8. The predicted molar refractivity (Wildman–Crippen MR) is 60.4 cm³/mol. The molecule has 3 N–H and O–H groups in total. The number of aromatic nitrogens is 1. The van der Waals surface area contributed by atoms with E-state index in [1.54, 1.807) is 0 Å². The number of carbonyl (C=O) groups excluding carboxylic acids is 1. The summed E-state index contributed by atoms with van der Waals surface area (Å²) in [4.78, 5) is 27.5. The molecule has 88 valence electrons. The van der Waals surface area contributed by atoms with Crippen LogP contribution in [0.5, 0.6) is 0 Å². The molecular weight excluding hydrogens is 230 g/mol. The predicted octanol–water partition coefficient (Wildman–Crippen LogP) is 0.662. The lowest BCUT2D eigenvalue weighted by molar-refractivity contribution is -0.137. The van der Waals surface area contributed by atoms with Crippen molar-refractivity contribution >= 4 is 28.3 Å². The molecule has 1 rings (SSSR count). The summed E-state index contributed by atoms with van der Waals surface area (Å²) in [6.45, 7) is 1.95. The van der Waals surface area contributed by atoms with Crippen LogP contribution in [-0.2, 0) is 4.79 Å². The van der Waals surface area contributed by atoms with Crippen molar-refractivity contribution in [2.24, 2.45) is 0 Å². The third kappa shape index (κ3) is 3.20. The Bertz CT molecular complexity index is 391. The Morgan fingerprint density at radius 3 is 2.75 bits per heavy atom. The number of amides is 1. The SMILES string of the molecule is CCCN(CC(=O)O)C(=O)c1csc(N)n1. The largest absolute Gasteiger partial charge is 0.480 e. The molecular formula is C9H13N3O3S. The zero-order valence-corrected chi connectivity index (χ0v) is 9.66. The van der Waals surface area contributed by atoms with Crippen LogP contribution in [0.15, 0.2) is 5.38 Å². The van der Waals surface area contributed by atoms with Gasteiger partial charge in [0.25, 0.3) is 5.91 Å². The van der Waals surface area contributed by atoms with Crippen LogP contribution in [0.4, 0.5) is 5.13 Å². The second-order valence-electron chi connectivity index (χ2n) is 3.19. The lowest BCUT2D eigenvalue weighted by atomic mass is 10.3. The third-order valence-corrected chi connectivity index (χ3v) is 2.52. The lowest BCUT2D eigenvalue weighted by Gasteiger charge is -2.18. The van der Waals surface area contributed by atoms with Crippen molar-refractivity contribution in [3.05, 3.63) is 11.1 Å². The number of nitrogens with two attached hydrogens (primary N) is 1. The van der Waals surface area contributed by atoms with Gasteiger partial charge in [-0.2, -0.15) is 0 Å². The Morgan fingerprint density at radius 2 is 2.31 bits per heavy atom. The van der Waals surface area contributed by atoms with Crippen LogP contribution in [0.3, 0.4) is 0 Å². The summed E-state index contributed by atoms with van der Waals surface area (Å²) >= 11 is 1.16. The van der Waals surface area contributed by atoms with E-state index in [1.807, 2.05) is 6.92 Å². The molecule has 0 fully saturated rings. The van der Waals surface area contributed by atoms with Gasteiger partial charge in [0.1, 0.15) is 12.2 Å². The van der Waals surface area contributed by atoms with Gasteiger partial charge in [0, 0.05) is 11.9 Å². The zero-order valence-electron chi connectivity index (χ0n) is 8.84. The molecule has 1 heterocycles. The molecule has 0 radical (unpaired) electrons. The number of nitrogen functional groups attached to an aromatic ring is 1. The topological polar surface area (TPSA) is 96.5 Å². The van der Waals surface area contributed by atoms with Crippen LogP contribution in [0, 0.1) is 0 Å². The molecule has 0 bridgehead atoms. The number of thiazole rings is 1. The van der Waals surface area contributed by atoms with Gasteiger partial charge in [-0.3, -0.25) is 9.59 Å². The molecule has 0 aromatic carbocycles. The maximum atomic E-state index is 11.8. The first-order valence-corrected chi connectivity index (χ1v) is 5.64. The summed E-state index contributed by atoms with van der Waals surface area (Å²) < 4.78 is 0. The molecule has 7 heteroatoms. The van der Waals surface area contributed by atoms with Crippen molar-refractivity contribution in [2.45, 2.75) is 13.3 Å². The molecule has 0 saturated heterocycles. The summed E-state index contributed by atoms with van der Waals surface area (Å²) in [6.07, 6.45) is 0.693. The molecule has 0 aliphatic carbocycles. The molecule has 1 aromatic rings. The highest BCUT2D eigenvalue weighted by Crippen LogP contribution is 2.13. The minimum absolute atomic E-state index is 0.206. The first-order chi connectivity index (χ1) is 7.54. The number of carboxylic acid groups (broad SMARTS) is 1. The molecule has 1 aromatic heterocycles. The standard InChI is InChI=1S/C9H13N3O3S/c1-2-3-12(4-7(13)14)8(15)6-5-16-9(10)11-6/h5H,2-4H2,1H3,(H2,10,11)(H,13,14). The average Bonchev–Trinajstić information content (AvgIpc) is 2.62. The zero-order chi connectivity index (χ0) is 12.1. The van der Waals surface area contributed by atoms with Gasteiger partial charge in [-0.1, -0.05) is 6.92 Å². The number of hydrogen-bond donors (Lipinski definition) is 2. The average molecular weight is 243 g/mol. The Kier molecular flexibility index (Phi) is 4.24. The second kappa shape index (κ2) is 5.45. The van der Waals surface area contributed by atoms with Crippen molar-refractivity contribution in [1.82, 2.24) is 9.88 Å². The fraction of sp³-hybridized carbons (Fsp3) is 0.444. The first-order valence-electron chi connectivity index (χ1n) is 4.76. The van der Waals surface area contributed by atoms with E-state index in [-0.39, 0.29) is 12.2 Å². The van der Waals surface area contributed by atoms with Gasteiger partial charge in [0.15, 0.2) is 5.13 Å². The van der Waals surface area contributed by atoms with Crippen molar-refractivity contribution in [3.8, 4) is 0 Å². The van der Waals surface area contributed by atoms with Gasteiger partial charge in [-0.05, 0) is 6.42 Å². The number of aliphatic carboxylic acids is 1. The van der Waals surface area contributed by atoms with Crippen molar-refractivity contribution in [1.29, 1.82) is 0 Å². The number of nitrogens with zero attached hydrogens (tertiary/aromatic N) is 2. The van der Waals surface area contributed by atoms with E-state index in [9.17, 15) is 9.59 Å². The van der Waals surface area contributed by atoms with Gasteiger partial charge in [0.05, 0.1) is 0 Å². The van der Waals surface area contributed by atoms with E-state index < -0.39 is 11.9 Å². The summed E-state index contributed by atoms with van der Waals surface area (Å²) in [5.74, 6) is -1.43. The van der Waals surface area contributed by atoms with Crippen molar-refractivity contribution in [3.63, 3.8) is 0 Å². The van der Waals surface area contributed by atoms with Gasteiger partial charge in [0.2, 0.25) is 0 Å². The van der Waals surface area contributed by atoms with E-state index in [4.69, 9.17) is 10.8 Å². The van der Waals surface area contributed by atoms with Crippen LogP contribution in [0.25, 0.3) is 0 Å². The number of rotatable bonds is 5. The summed E-state index contributed by atoms with van der Waals surface area (Å²) in [6, 6.07) is 0. The van der Waals surface area contributed by atoms with E-state index in [1.165, 1.54) is 10.3 Å². The van der Waals surface area contributed by atoms with Crippen LogP contribution < -0.4 is 5.73 Å². The minimum atomic E-state index is -1.04. The second-order valence-corrected chi connectivity index (χ2v) is 4.08. The van der Waals surface area contributed by atoms with Gasteiger partial charge >= 0.3 is 5.97 Å². The number of carbonyl (C=O) groups is 2. The van der Waals surface area contributed by atoms with Gasteiger partial charge < -0.3 is 15.7 Å². The fourth-order valence-corrected chi connectivity index (χ4v) is 1.77. The van der Waals surface area contributed by atoms with E-state index in [2.05, 4.69) is 4.98 Å². The Hall–Kier alpha value is -1.63. The van der Waals surface area contributed by atoms with Gasteiger partial charge in [-0.25, -0.2) is 4.98 Å². The molecule has 0 aliphatic rings. The first kappa shape index (κ1) is 12.4.